The first-order valence-electron chi connectivity index (χ1n) is 7.72. The van der Waals surface area contributed by atoms with Crippen molar-refractivity contribution in [2.24, 2.45) is 0 Å². The summed E-state index contributed by atoms with van der Waals surface area (Å²) >= 11 is 0. The van der Waals surface area contributed by atoms with Crippen LogP contribution < -0.4 is 5.32 Å². The lowest BCUT2D eigenvalue weighted by molar-refractivity contribution is -0.141. The molecule has 1 aromatic rings. The Morgan fingerprint density at radius 2 is 1.96 bits per heavy atom. The third-order valence-electron chi connectivity index (χ3n) is 4.45. The zero-order valence-corrected chi connectivity index (χ0v) is 12.6. The Labute approximate surface area is 132 Å². The number of nitrogens with zero attached hydrogens (tertiary/aromatic N) is 3. The van der Waals surface area contributed by atoms with Crippen LogP contribution in [0.1, 0.15) is 22.5 Å². The van der Waals surface area contributed by atoms with Crippen LogP contribution in [0.25, 0.3) is 0 Å². The van der Waals surface area contributed by atoms with Gasteiger partial charge in [0.25, 0.3) is 5.91 Å². The van der Waals surface area contributed by atoms with E-state index >= 15 is 0 Å². The van der Waals surface area contributed by atoms with Crippen LogP contribution in [-0.2, 0) is 6.18 Å². The highest BCUT2D eigenvalue weighted by molar-refractivity contribution is 5.94. The Balaban J connectivity index is 1.58. The van der Waals surface area contributed by atoms with Gasteiger partial charge < -0.3 is 10.2 Å². The van der Waals surface area contributed by atoms with Crippen LogP contribution >= 0.6 is 0 Å². The van der Waals surface area contributed by atoms with Gasteiger partial charge in [0.1, 0.15) is 5.69 Å². The largest absolute Gasteiger partial charge is 0.433 e. The quantitative estimate of drug-likeness (QED) is 0.887. The number of pyridine rings is 1. The van der Waals surface area contributed by atoms with Gasteiger partial charge in [-0.15, -0.1) is 0 Å². The zero-order valence-electron chi connectivity index (χ0n) is 12.6. The molecule has 126 valence electrons. The fourth-order valence-corrected chi connectivity index (χ4v) is 3.11. The summed E-state index contributed by atoms with van der Waals surface area (Å²) in [6.45, 7) is 4.79. The number of rotatable bonds is 2. The van der Waals surface area contributed by atoms with Crippen molar-refractivity contribution >= 4 is 5.91 Å². The number of aromatic nitrogens is 1. The van der Waals surface area contributed by atoms with Crippen LogP contribution in [-0.4, -0.2) is 66.0 Å². The maximum atomic E-state index is 12.5. The monoisotopic (exact) mass is 328 g/mol. The molecule has 2 fully saturated rings. The van der Waals surface area contributed by atoms with E-state index < -0.39 is 11.9 Å². The molecular weight excluding hydrogens is 309 g/mol. The van der Waals surface area contributed by atoms with Crippen LogP contribution in [0.4, 0.5) is 13.2 Å². The Hall–Kier alpha value is -1.67. The van der Waals surface area contributed by atoms with Crippen LogP contribution in [0.5, 0.6) is 0 Å². The summed E-state index contributed by atoms with van der Waals surface area (Å²) in [7, 11) is 0. The summed E-state index contributed by atoms with van der Waals surface area (Å²) < 4.78 is 37.5. The van der Waals surface area contributed by atoms with Gasteiger partial charge in [0.2, 0.25) is 0 Å². The lowest BCUT2D eigenvalue weighted by atomic mass is 10.1. The molecule has 5 nitrogen and oxygen atoms in total. The number of hydrogen-bond donors (Lipinski definition) is 1. The molecule has 1 atom stereocenters. The maximum absolute atomic E-state index is 12.5. The van der Waals surface area contributed by atoms with Gasteiger partial charge in [0.05, 0.1) is 5.56 Å². The number of piperazine rings is 1. The minimum atomic E-state index is -4.48. The molecule has 2 aliphatic heterocycles. The molecule has 3 rings (SSSR count). The first-order chi connectivity index (χ1) is 10.9. The van der Waals surface area contributed by atoms with E-state index in [1.54, 1.807) is 4.90 Å². The molecule has 0 radical (unpaired) electrons. The lowest BCUT2D eigenvalue weighted by Gasteiger charge is -2.37. The van der Waals surface area contributed by atoms with Gasteiger partial charge in [0.15, 0.2) is 0 Å². The Morgan fingerprint density at radius 1 is 1.22 bits per heavy atom. The average Bonchev–Trinajstić information content (AvgIpc) is 3.08. The van der Waals surface area contributed by atoms with Gasteiger partial charge in [-0.3, -0.25) is 14.7 Å². The molecule has 0 saturated carbocycles. The zero-order chi connectivity index (χ0) is 16.4. The van der Waals surface area contributed by atoms with Gasteiger partial charge in [0, 0.05) is 45.0 Å². The second-order valence-electron chi connectivity index (χ2n) is 5.90. The van der Waals surface area contributed by atoms with E-state index in [4.69, 9.17) is 0 Å². The third-order valence-corrected chi connectivity index (χ3v) is 4.45. The molecular formula is C15H19F3N4O. The Bertz CT molecular complexity index is 547. The Morgan fingerprint density at radius 3 is 2.48 bits per heavy atom. The van der Waals surface area contributed by atoms with E-state index in [1.165, 1.54) is 6.07 Å². The highest BCUT2D eigenvalue weighted by Crippen LogP contribution is 2.27. The summed E-state index contributed by atoms with van der Waals surface area (Å²) in [5.41, 5.74) is -0.776. The molecule has 0 aromatic carbocycles. The molecule has 1 unspecified atom stereocenters. The van der Waals surface area contributed by atoms with Crippen LogP contribution in [0, 0.1) is 0 Å². The smallest absolute Gasteiger partial charge is 0.336 e. The highest BCUT2D eigenvalue weighted by atomic mass is 19.4. The topological polar surface area (TPSA) is 48.5 Å². The van der Waals surface area contributed by atoms with E-state index in [2.05, 4.69) is 15.2 Å². The lowest BCUT2D eigenvalue weighted by Crippen LogP contribution is -2.52. The first kappa shape index (κ1) is 16.2. The first-order valence-corrected chi connectivity index (χ1v) is 7.72. The van der Waals surface area contributed by atoms with E-state index in [1.807, 2.05) is 0 Å². The summed E-state index contributed by atoms with van der Waals surface area (Å²) in [5, 5.41) is 3.32. The standard InChI is InChI=1S/C15H19F3N4O/c16-15(17,18)13-2-1-11(9-20-13)14(23)22-7-5-21(6-8-22)12-3-4-19-10-12/h1-2,9,12,19H,3-8,10H2. The van der Waals surface area contributed by atoms with E-state index in [0.717, 1.165) is 44.9 Å². The molecule has 0 aliphatic carbocycles. The SMILES string of the molecule is O=C(c1ccc(C(F)(F)F)nc1)N1CCN(C2CCNC2)CC1. The molecule has 0 spiro atoms. The fraction of sp³-hybridized carbons (Fsp3) is 0.600. The van der Waals surface area contributed by atoms with Crippen molar-refractivity contribution in [3.8, 4) is 0 Å². The molecule has 1 amide bonds. The van der Waals surface area contributed by atoms with Gasteiger partial charge >= 0.3 is 6.18 Å². The number of carbonyl (C=O) groups excluding carboxylic acids is 1. The Kier molecular flexibility index (Phi) is 4.54. The number of halogens is 3. The highest BCUT2D eigenvalue weighted by Gasteiger charge is 2.33. The number of hydrogen-bond acceptors (Lipinski definition) is 4. The van der Waals surface area contributed by atoms with Crippen molar-refractivity contribution in [2.45, 2.75) is 18.6 Å². The molecule has 1 aromatic heterocycles. The molecule has 0 bridgehead atoms. The molecule has 2 saturated heterocycles. The summed E-state index contributed by atoms with van der Waals surface area (Å²) in [6, 6.07) is 2.58. The van der Waals surface area contributed by atoms with E-state index in [-0.39, 0.29) is 11.5 Å². The van der Waals surface area contributed by atoms with Gasteiger partial charge in [-0.2, -0.15) is 13.2 Å². The minimum absolute atomic E-state index is 0.203. The molecule has 23 heavy (non-hydrogen) atoms. The predicted octanol–water partition coefficient (Wildman–Crippen LogP) is 1.22. The number of amides is 1. The fourth-order valence-electron chi connectivity index (χ4n) is 3.11. The van der Waals surface area contributed by atoms with Gasteiger partial charge in [-0.1, -0.05) is 0 Å². The number of alkyl halides is 3. The van der Waals surface area contributed by atoms with Gasteiger partial charge in [-0.05, 0) is 25.1 Å². The predicted molar refractivity (Wildman–Crippen MR) is 78.0 cm³/mol. The molecule has 1 N–H and O–H groups in total. The van der Waals surface area contributed by atoms with Crippen LogP contribution in [0.3, 0.4) is 0 Å². The summed E-state index contributed by atoms with van der Waals surface area (Å²) in [6.07, 6.45) is -2.35. The minimum Gasteiger partial charge on any atom is -0.336 e. The van der Waals surface area contributed by atoms with Crippen molar-refractivity contribution in [3.63, 3.8) is 0 Å². The second-order valence-corrected chi connectivity index (χ2v) is 5.90. The second kappa shape index (κ2) is 6.45. The maximum Gasteiger partial charge on any atom is 0.433 e. The van der Waals surface area contributed by atoms with E-state index in [9.17, 15) is 18.0 Å². The summed E-state index contributed by atoms with van der Waals surface area (Å²) in [4.78, 5) is 19.8. The molecule has 8 heteroatoms. The number of carbonyl (C=O) groups is 1. The molecule has 2 aliphatic rings. The van der Waals surface area contributed by atoms with Crippen molar-refractivity contribution in [2.75, 3.05) is 39.3 Å². The van der Waals surface area contributed by atoms with Crippen molar-refractivity contribution in [3.05, 3.63) is 29.6 Å². The summed E-state index contributed by atoms with van der Waals surface area (Å²) in [5.74, 6) is -0.254. The van der Waals surface area contributed by atoms with Crippen LogP contribution in [0.15, 0.2) is 18.3 Å². The van der Waals surface area contributed by atoms with Crippen molar-refractivity contribution in [1.82, 2.24) is 20.1 Å². The van der Waals surface area contributed by atoms with Gasteiger partial charge in [-0.25, -0.2) is 0 Å². The molecule has 3 heterocycles. The van der Waals surface area contributed by atoms with Crippen molar-refractivity contribution in [1.29, 1.82) is 0 Å². The van der Waals surface area contributed by atoms with Crippen molar-refractivity contribution < 1.29 is 18.0 Å². The van der Waals surface area contributed by atoms with Crippen LogP contribution in [0.2, 0.25) is 0 Å². The average molecular weight is 328 g/mol. The third kappa shape index (κ3) is 3.64. The number of nitrogens with one attached hydrogen (secondary N) is 1. The normalized spacial score (nSPS) is 23.3. The van der Waals surface area contributed by atoms with E-state index in [0.29, 0.717) is 19.1 Å².